The Morgan fingerprint density at radius 3 is 2.35 bits per heavy atom. The first-order valence-corrected chi connectivity index (χ1v) is 14.4. The van der Waals surface area contributed by atoms with Gasteiger partial charge in [0.25, 0.3) is 11.5 Å². The van der Waals surface area contributed by atoms with Crippen molar-refractivity contribution in [3.8, 4) is 0 Å². The third-order valence-corrected chi connectivity index (χ3v) is 8.25. The molecule has 1 aliphatic heterocycles. The van der Waals surface area contributed by atoms with E-state index in [1.807, 2.05) is 79.2 Å². The summed E-state index contributed by atoms with van der Waals surface area (Å²) in [6, 6.07) is 25.1. The molecule has 1 N–H and O–H groups in total. The summed E-state index contributed by atoms with van der Waals surface area (Å²) in [5, 5.41) is 10.3. The highest BCUT2D eigenvalue weighted by Crippen LogP contribution is 2.36. The molecule has 6 rings (SSSR count). The topological polar surface area (TPSA) is 110 Å². The second kappa shape index (κ2) is 11.2. The normalized spacial score (nSPS) is 15.2. The van der Waals surface area contributed by atoms with Crippen LogP contribution in [0.4, 0.5) is 5.69 Å². The third-order valence-electron chi connectivity index (χ3n) is 7.25. The quantitative estimate of drug-likeness (QED) is 0.246. The van der Waals surface area contributed by atoms with Crippen LogP contribution in [0, 0.1) is 20.8 Å². The fourth-order valence-corrected chi connectivity index (χ4v) is 6.11. The molecule has 0 saturated carbocycles. The molecule has 1 fully saturated rings. The highest BCUT2D eigenvalue weighted by Gasteiger charge is 2.34. The fourth-order valence-electron chi connectivity index (χ4n) is 5.12. The average molecular weight is 590 g/mol. The van der Waals surface area contributed by atoms with E-state index in [4.69, 9.17) is 4.99 Å². The SMILES string of the molecule is Cc1cc(C=C2SC(=Nc3ccccc3)N(Cc3ccc(C(=O)O)cc3)C2=O)c(C)n1-n1c(C)nc2ccccc2c1=O. The summed E-state index contributed by atoms with van der Waals surface area (Å²) in [6.07, 6.45) is 1.83. The summed E-state index contributed by atoms with van der Waals surface area (Å²) in [7, 11) is 0. The first-order valence-electron chi connectivity index (χ1n) is 13.6. The number of thioether (sulfide) groups is 1. The van der Waals surface area contributed by atoms with Gasteiger partial charge in [0.1, 0.15) is 5.82 Å². The Kier molecular flexibility index (Phi) is 7.29. The Morgan fingerprint density at radius 2 is 1.63 bits per heavy atom. The number of amidine groups is 1. The smallest absolute Gasteiger partial charge is 0.335 e. The summed E-state index contributed by atoms with van der Waals surface area (Å²) < 4.78 is 3.39. The maximum atomic E-state index is 13.8. The minimum absolute atomic E-state index is 0.173. The summed E-state index contributed by atoms with van der Waals surface area (Å²) in [4.78, 5) is 50.1. The summed E-state index contributed by atoms with van der Waals surface area (Å²) in [6.45, 7) is 5.85. The molecule has 1 amide bonds. The number of aromatic nitrogens is 3. The summed E-state index contributed by atoms with van der Waals surface area (Å²) in [5.41, 5.74) is 4.52. The number of rotatable bonds is 6. The van der Waals surface area contributed by atoms with Crippen LogP contribution in [-0.4, -0.2) is 41.4 Å². The number of hydrogen-bond donors (Lipinski definition) is 1. The number of para-hydroxylation sites is 2. The van der Waals surface area contributed by atoms with E-state index in [2.05, 4.69) is 4.98 Å². The molecule has 1 aliphatic rings. The van der Waals surface area contributed by atoms with Crippen molar-refractivity contribution in [2.45, 2.75) is 27.3 Å². The predicted molar refractivity (Wildman–Crippen MR) is 168 cm³/mol. The van der Waals surface area contributed by atoms with E-state index in [0.717, 1.165) is 22.5 Å². The van der Waals surface area contributed by atoms with Gasteiger partial charge in [-0.2, -0.15) is 4.68 Å². The second-order valence-electron chi connectivity index (χ2n) is 10.2. The minimum Gasteiger partial charge on any atom is -0.478 e. The number of fused-ring (bicyclic) bond motifs is 1. The molecule has 1 saturated heterocycles. The number of aromatic carboxylic acids is 1. The molecular weight excluding hydrogens is 562 g/mol. The number of amides is 1. The van der Waals surface area contributed by atoms with Gasteiger partial charge in [0.2, 0.25) is 0 Å². The lowest BCUT2D eigenvalue weighted by Gasteiger charge is -2.16. The molecule has 2 aromatic heterocycles. The van der Waals surface area contributed by atoms with Crippen LogP contribution < -0.4 is 5.56 Å². The fraction of sp³-hybridized carbons (Fsp3) is 0.121. The Balaban J connectivity index is 1.40. The number of benzene rings is 3. The number of carbonyl (C=O) groups excluding carboxylic acids is 1. The van der Waals surface area contributed by atoms with Gasteiger partial charge in [-0.15, -0.1) is 0 Å². The first-order chi connectivity index (χ1) is 20.7. The highest BCUT2D eigenvalue weighted by atomic mass is 32.2. The van der Waals surface area contributed by atoms with Crippen molar-refractivity contribution in [3.05, 3.63) is 134 Å². The molecule has 3 heterocycles. The van der Waals surface area contributed by atoms with Gasteiger partial charge in [-0.3, -0.25) is 19.2 Å². The van der Waals surface area contributed by atoms with E-state index in [-0.39, 0.29) is 23.6 Å². The molecular formula is C33H27N5O4S. The van der Waals surface area contributed by atoms with Crippen molar-refractivity contribution in [3.63, 3.8) is 0 Å². The standard InChI is InChI=1S/C33H27N5O4S/c1-20-17-25(21(2)37(20)38-22(3)34-28-12-8-7-11-27(28)30(38)39)18-29-31(40)36(19-23-13-15-24(16-14-23)32(41)42)33(43-29)35-26-9-5-4-6-10-26/h4-18H,19H2,1-3H3,(H,41,42). The Morgan fingerprint density at radius 1 is 0.930 bits per heavy atom. The van der Waals surface area contributed by atoms with Gasteiger partial charge in [-0.05, 0) is 92.2 Å². The van der Waals surface area contributed by atoms with Crippen molar-refractivity contribution >= 4 is 51.5 Å². The van der Waals surface area contributed by atoms with Crippen LogP contribution in [0.5, 0.6) is 0 Å². The monoisotopic (exact) mass is 589 g/mol. The van der Waals surface area contributed by atoms with Crippen LogP contribution in [0.1, 0.15) is 38.7 Å². The average Bonchev–Trinajstić information content (AvgIpc) is 3.43. The Hall–Kier alpha value is -5.22. The van der Waals surface area contributed by atoms with Crippen molar-refractivity contribution in [2.75, 3.05) is 0 Å². The van der Waals surface area contributed by atoms with E-state index >= 15 is 0 Å². The molecule has 0 radical (unpaired) electrons. The van der Waals surface area contributed by atoms with Gasteiger partial charge in [-0.25, -0.2) is 14.8 Å². The van der Waals surface area contributed by atoms with E-state index < -0.39 is 5.97 Å². The molecule has 214 valence electrons. The van der Waals surface area contributed by atoms with E-state index in [1.54, 1.807) is 34.7 Å². The zero-order valence-electron chi connectivity index (χ0n) is 23.7. The highest BCUT2D eigenvalue weighted by molar-refractivity contribution is 8.18. The largest absolute Gasteiger partial charge is 0.478 e. The van der Waals surface area contributed by atoms with Crippen molar-refractivity contribution < 1.29 is 14.7 Å². The zero-order valence-corrected chi connectivity index (χ0v) is 24.5. The van der Waals surface area contributed by atoms with Gasteiger partial charge in [0, 0.05) is 11.4 Å². The lowest BCUT2D eigenvalue weighted by atomic mass is 10.1. The van der Waals surface area contributed by atoms with Crippen LogP contribution in [0.3, 0.4) is 0 Å². The molecule has 0 aliphatic carbocycles. The number of aliphatic imine (C=N–C) groups is 1. The van der Waals surface area contributed by atoms with Crippen molar-refractivity contribution in [1.29, 1.82) is 0 Å². The van der Waals surface area contributed by atoms with Gasteiger partial charge in [0.15, 0.2) is 5.17 Å². The molecule has 5 aromatic rings. The van der Waals surface area contributed by atoms with Gasteiger partial charge in [-0.1, -0.05) is 42.5 Å². The molecule has 9 nitrogen and oxygen atoms in total. The van der Waals surface area contributed by atoms with Gasteiger partial charge < -0.3 is 5.11 Å². The number of carboxylic acid groups (broad SMARTS) is 1. The molecule has 3 aromatic carbocycles. The van der Waals surface area contributed by atoms with Crippen LogP contribution in [-0.2, 0) is 11.3 Å². The lowest BCUT2D eigenvalue weighted by Crippen LogP contribution is -2.30. The van der Waals surface area contributed by atoms with E-state index in [1.165, 1.54) is 23.9 Å². The van der Waals surface area contributed by atoms with E-state index in [9.17, 15) is 19.5 Å². The molecule has 0 spiro atoms. The van der Waals surface area contributed by atoms with E-state index in [0.29, 0.717) is 32.5 Å². The Labute approximate surface area is 251 Å². The predicted octanol–water partition coefficient (Wildman–Crippen LogP) is 5.94. The second-order valence-corrected chi connectivity index (χ2v) is 11.2. The maximum absolute atomic E-state index is 13.8. The zero-order chi connectivity index (χ0) is 30.2. The molecule has 0 unspecified atom stereocenters. The van der Waals surface area contributed by atoms with Crippen molar-refractivity contribution in [1.82, 2.24) is 19.2 Å². The van der Waals surface area contributed by atoms with Crippen molar-refractivity contribution in [2.24, 2.45) is 4.99 Å². The number of hydrogen-bond acceptors (Lipinski definition) is 6. The lowest BCUT2D eigenvalue weighted by molar-refractivity contribution is -0.122. The summed E-state index contributed by atoms with van der Waals surface area (Å²) >= 11 is 1.27. The Bertz CT molecular complexity index is 2020. The van der Waals surface area contributed by atoms with Gasteiger partial charge in [0.05, 0.1) is 33.6 Å². The molecule has 43 heavy (non-hydrogen) atoms. The molecule has 10 heteroatoms. The van der Waals surface area contributed by atoms with Crippen LogP contribution in [0.2, 0.25) is 0 Å². The molecule has 0 bridgehead atoms. The number of aryl methyl sites for hydroxylation is 2. The van der Waals surface area contributed by atoms with Crippen LogP contribution in [0.25, 0.3) is 17.0 Å². The summed E-state index contributed by atoms with van der Waals surface area (Å²) in [5.74, 6) is -0.675. The van der Waals surface area contributed by atoms with Crippen LogP contribution in [0.15, 0.2) is 99.6 Å². The van der Waals surface area contributed by atoms with Crippen LogP contribution >= 0.6 is 11.8 Å². The third kappa shape index (κ3) is 5.28. The van der Waals surface area contributed by atoms with Gasteiger partial charge >= 0.3 is 5.97 Å². The first kappa shape index (κ1) is 27.9. The minimum atomic E-state index is -1.01. The number of nitrogens with zero attached hydrogens (tertiary/aromatic N) is 5. The number of carboxylic acids is 1. The maximum Gasteiger partial charge on any atom is 0.335 e. The molecule has 0 atom stereocenters. The number of carbonyl (C=O) groups is 2.